The first-order valence-electron chi connectivity index (χ1n) is 7.25. The van der Waals surface area contributed by atoms with Crippen LogP contribution in [-0.2, 0) is 0 Å². The number of rotatable bonds is 5. The molecule has 112 valence electrons. The minimum absolute atomic E-state index is 0.0610. The molecule has 0 fully saturated rings. The van der Waals surface area contributed by atoms with Crippen molar-refractivity contribution in [3.8, 4) is 0 Å². The molecule has 0 aliphatic rings. The molecule has 5 heteroatoms. The summed E-state index contributed by atoms with van der Waals surface area (Å²) in [7, 11) is 0. The highest BCUT2D eigenvalue weighted by Gasteiger charge is 2.20. The van der Waals surface area contributed by atoms with E-state index in [1.807, 2.05) is 43.0 Å². The monoisotopic (exact) mass is 286 g/mol. The second kappa shape index (κ2) is 6.54. The number of anilines is 1. The van der Waals surface area contributed by atoms with E-state index in [4.69, 9.17) is 5.84 Å². The van der Waals surface area contributed by atoms with Crippen molar-refractivity contribution >= 4 is 22.5 Å². The van der Waals surface area contributed by atoms with Crippen molar-refractivity contribution in [2.45, 2.75) is 33.2 Å². The number of para-hydroxylation sites is 1. The standard InChI is InChI=1S/C16H22N4O/c1-4-9-20(11(2)3)16(21)15-10-14(19-17)12-7-5-6-8-13(12)18-15/h5-8,10-11H,4,9,17H2,1-3H3,(H,18,19). The van der Waals surface area contributed by atoms with Gasteiger partial charge in [-0.2, -0.15) is 0 Å². The summed E-state index contributed by atoms with van der Waals surface area (Å²) in [6, 6.07) is 9.49. The molecular weight excluding hydrogens is 264 g/mol. The van der Waals surface area contributed by atoms with Gasteiger partial charge in [0.1, 0.15) is 5.69 Å². The van der Waals surface area contributed by atoms with Crippen LogP contribution in [0.1, 0.15) is 37.7 Å². The van der Waals surface area contributed by atoms with Gasteiger partial charge in [-0.05, 0) is 32.4 Å². The number of benzene rings is 1. The highest BCUT2D eigenvalue weighted by molar-refractivity contribution is 5.99. The number of hydrogen-bond donors (Lipinski definition) is 2. The number of amides is 1. The molecule has 1 aromatic carbocycles. The molecular formula is C16H22N4O. The lowest BCUT2D eigenvalue weighted by Crippen LogP contribution is -2.38. The molecule has 1 amide bonds. The summed E-state index contributed by atoms with van der Waals surface area (Å²) in [6.45, 7) is 6.80. The zero-order chi connectivity index (χ0) is 15.4. The van der Waals surface area contributed by atoms with E-state index in [0.29, 0.717) is 11.4 Å². The summed E-state index contributed by atoms with van der Waals surface area (Å²) in [6.07, 6.45) is 0.916. The number of fused-ring (bicyclic) bond motifs is 1. The number of hydrogen-bond acceptors (Lipinski definition) is 4. The Morgan fingerprint density at radius 3 is 2.71 bits per heavy atom. The second-order valence-electron chi connectivity index (χ2n) is 5.31. The van der Waals surface area contributed by atoms with E-state index in [9.17, 15) is 4.79 Å². The summed E-state index contributed by atoms with van der Waals surface area (Å²) in [4.78, 5) is 19.0. The molecule has 0 unspecified atom stereocenters. The molecule has 0 atom stereocenters. The van der Waals surface area contributed by atoms with Gasteiger partial charge < -0.3 is 10.3 Å². The normalized spacial score (nSPS) is 10.9. The number of pyridine rings is 1. The summed E-state index contributed by atoms with van der Waals surface area (Å²) >= 11 is 0. The maximum absolute atomic E-state index is 12.7. The van der Waals surface area contributed by atoms with Gasteiger partial charge in [0.15, 0.2) is 0 Å². The summed E-state index contributed by atoms with van der Waals surface area (Å²) in [5, 5.41) is 0.906. The summed E-state index contributed by atoms with van der Waals surface area (Å²) < 4.78 is 0. The van der Waals surface area contributed by atoms with Gasteiger partial charge in [0.25, 0.3) is 5.91 Å². The maximum atomic E-state index is 12.7. The smallest absolute Gasteiger partial charge is 0.272 e. The van der Waals surface area contributed by atoms with Crippen LogP contribution < -0.4 is 11.3 Å². The van der Waals surface area contributed by atoms with E-state index in [0.717, 1.165) is 23.9 Å². The molecule has 0 saturated carbocycles. The van der Waals surface area contributed by atoms with E-state index in [-0.39, 0.29) is 11.9 Å². The van der Waals surface area contributed by atoms with Gasteiger partial charge in [-0.3, -0.25) is 10.6 Å². The summed E-state index contributed by atoms with van der Waals surface area (Å²) in [5.41, 5.74) is 4.55. The molecule has 2 aromatic rings. The topological polar surface area (TPSA) is 71.2 Å². The number of carbonyl (C=O) groups is 1. The number of carbonyl (C=O) groups excluding carboxylic acids is 1. The number of nitrogens with two attached hydrogens (primary N) is 1. The lowest BCUT2D eigenvalue weighted by atomic mass is 10.1. The van der Waals surface area contributed by atoms with Crippen LogP contribution in [0.5, 0.6) is 0 Å². The minimum atomic E-state index is -0.0610. The van der Waals surface area contributed by atoms with Gasteiger partial charge in [0, 0.05) is 18.0 Å². The highest BCUT2D eigenvalue weighted by Crippen LogP contribution is 2.23. The van der Waals surface area contributed by atoms with Gasteiger partial charge in [0.05, 0.1) is 11.2 Å². The molecule has 0 saturated heterocycles. The van der Waals surface area contributed by atoms with Crippen molar-refractivity contribution in [2.24, 2.45) is 5.84 Å². The van der Waals surface area contributed by atoms with Crippen molar-refractivity contribution in [3.05, 3.63) is 36.0 Å². The first-order valence-corrected chi connectivity index (χ1v) is 7.25. The zero-order valence-corrected chi connectivity index (χ0v) is 12.8. The first kappa shape index (κ1) is 15.3. The third-order valence-corrected chi connectivity index (χ3v) is 3.44. The molecule has 0 spiro atoms. The van der Waals surface area contributed by atoms with Crippen LogP contribution in [0.25, 0.3) is 10.9 Å². The number of hydrazine groups is 1. The quantitative estimate of drug-likeness (QED) is 0.655. The zero-order valence-electron chi connectivity index (χ0n) is 12.8. The van der Waals surface area contributed by atoms with E-state index in [1.165, 1.54) is 0 Å². The lowest BCUT2D eigenvalue weighted by Gasteiger charge is -2.26. The molecule has 1 heterocycles. The fraction of sp³-hybridized carbons (Fsp3) is 0.375. The molecule has 3 N–H and O–H groups in total. The van der Waals surface area contributed by atoms with Gasteiger partial charge >= 0.3 is 0 Å². The average molecular weight is 286 g/mol. The fourth-order valence-corrected chi connectivity index (χ4v) is 2.39. The minimum Gasteiger partial charge on any atom is -0.335 e. The number of nitrogens with zero attached hydrogens (tertiary/aromatic N) is 2. The Labute approximate surface area is 125 Å². The van der Waals surface area contributed by atoms with E-state index >= 15 is 0 Å². The van der Waals surface area contributed by atoms with Crippen LogP contribution in [0.3, 0.4) is 0 Å². The lowest BCUT2D eigenvalue weighted by molar-refractivity contribution is 0.0700. The van der Waals surface area contributed by atoms with E-state index in [1.54, 1.807) is 6.07 Å². The Morgan fingerprint density at radius 2 is 2.10 bits per heavy atom. The van der Waals surface area contributed by atoms with Gasteiger partial charge in [-0.15, -0.1) is 0 Å². The Hall–Kier alpha value is -2.14. The second-order valence-corrected chi connectivity index (χ2v) is 5.31. The molecule has 0 aliphatic carbocycles. The van der Waals surface area contributed by atoms with Crippen molar-refractivity contribution < 1.29 is 4.79 Å². The number of aromatic nitrogens is 1. The van der Waals surface area contributed by atoms with Gasteiger partial charge in [0.2, 0.25) is 0 Å². The predicted molar refractivity (Wildman–Crippen MR) is 86.0 cm³/mol. The molecule has 0 bridgehead atoms. The molecule has 1 aromatic heterocycles. The van der Waals surface area contributed by atoms with Crippen LogP contribution >= 0.6 is 0 Å². The fourth-order valence-electron chi connectivity index (χ4n) is 2.39. The molecule has 0 radical (unpaired) electrons. The maximum Gasteiger partial charge on any atom is 0.272 e. The van der Waals surface area contributed by atoms with Crippen molar-refractivity contribution in [1.29, 1.82) is 0 Å². The molecule has 21 heavy (non-hydrogen) atoms. The van der Waals surface area contributed by atoms with Crippen molar-refractivity contribution in [3.63, 3.8) is 0 Å². The van der Waals surface area contributed by atoms with Crippen LogP contribution in [0, 0.1) is 0 Å². The van der Waals surface area contributed by atoms with Crippen molar-refractivity contribution in [1.82, 2.24) is 9.88 Å². The Morgan fingerprint density at radius 1 is 1.38 bits per heavy atom. The Kier molecular flexibility index (Phi) is 4.75. The highest BCUT2D eigenvalue weighted by atomic mass is 16.2. The van der Waals surface area contributed by atoms with Crippen LogP contribution in [-0.4, -0.2) is 28.4 Å². The van der Waals surface area contributed by atoms with Crippen molar-refractivity contribution in [2.75, 3.05) is 12.0 Å². The van der Waals surface area contributed by atoms with Gasteiger partial charge in [-0.25, -0.2) is 4.98 Å². The van der Waals surface area contributed by atoms with E-state index in [2.05, 4.69) is 17.3 Å². The first-order chi connectivity index (χ1) is 10.1. The molecule has 2 rings (SSSR count). The van der Waals surface area contributed by atoms with Gasteiger partial charge in [-0.1, -0.05) is 25.1 Å². The third kappa shape index (κ3) is 3.13. The van der Waals surface area contributed by atoms with E-state index < -0.39 is 0 Å². The third-order valence-electron chi connectivity index (χ3n) is 3.44. The van der Waals surface area contributed by atoms with Crippen LogP contribution in [0.4, 0.5) is 5.69 Å². The number of nitrogen functional groups attached to an aromatic ring is 1. The average Bonchev–Trinajstić information content (AvgIpc) is 2.50. The number of nitrogens with one attached hydrogen (secondary N) is 1. The van der Waals surface area contributed by atoms with Crippen LogP contribution in [0.15, 0.2) is 30.3 Å². The Balaban J connectivity index is 2.48. The molecule has 0 aliphatic heterocycles. The summed E-state index contributed by atoms with van der Waals surface area (Å²) in [5.74, 6) is 5.52. The molecule has 5 nitrogen and oxygen atoms in total. The van der Waals surface area contributed by atoms with Crippen LogP contribution in [0.2, 0.25) is 0 Å². The largest absolute Gasteiger partial charge is 0.335 e. The predicted octanol–water partition coefficient (Wildman–Crippen LogP) is 2.78. The Bertz CT molecular complexity index is 639. The SMILES string of the molecule is CCCN(C(=O)c1cc(NN)c2ccccc2n1)C(C)C.